The van der Waals surface area contributed by atoms with E-state index in [0.29, 0.717) is 19.5 Å². The number of carbonyl (C=O) groups excluding carboxylic acids is 2. The lowest BCUT2D eigenvalue weighted by molar-refractivity contribution is -0.163. The lowest BCUT2D eigenvalue weighted by Gasteiger charge is -2.36. The van der Waals surface area contributed by atoms with Crippen LogP contribution in [0, 0.1) is 11.8 Å². The Morgan fingerprint density at radius 2 is 1.88 bits per heavy atom. The minimum atomic E-state index is -0.484. The van der Waals surface area contributed by atoms with Gasteiger partial charge < -0.3 is 14.4 Å². The van der Waals surface area contributed by atoms with Crippen molar-refractivity contribution < 1.29 is 19.1 Å². The van der Waals surface area contributed by atoms with Crippen LogP contribution in [0.5, 0.6) is 0 Å². The molecule has 2 unspecified atom stereocenters. The van der Waals surface area contributed by atoms with Gasteiger partial charge in [0.25, 0.3) is 0 Å². The molecular weight excluding hydrogens is 306 g/mol. The maximum atomic E-state index is 12.3. The third-order valence-corrected chi connectivity index (χ3v) is 4.08. The molecule has 132 valence electrons. The van der Waals surface area contributed by atoms with Crippen LogP contribution in [0.3, 0.4) is 0 Å². The van der Waals surface area contributed by atoms with Crippen molar-refractivity contribution in [2.45, 2.75) is 46.3 Å². The van der Waals surface area contributed by atoms with Gasteiger partial charge in [-0.1, -0.05) is 37.3 Å². The van der Waals surface area contributed by atoms with E-state index >= 15 is 0 Å². The molecule has 0 spiro atoms. The fourth-order valence-corrected chi connectivity index (χ4v) is 2.85. The first-order chi connectivity index (χ1) is 11.3. The third kappa shape index (κ3) is 5.25. The molecule has 24 heavy (non-hydrogen) atoms. The van der Waals surface area contributed by atoms with E-state index in [0.717, 1.165) is 5.56 Å². The van der Waals surface area contributed by atoms with E-state index < -0.39 is 5.60 Å². The molecule has 0 radical (unpaired) electrons. The summed E-state index contributed by atoms with van der Waals surface area (Å²) in [6, 6.07) is 9.60. The predicted molar refractivity (Wildman–Crippen MR) is 91.3 cm³/mol. The topological polar surface area (TPSA) is 55.8 Å². The maximum Gasteiger partial charge on any atom is 0.410 e. The Balaban J connectivity index is 1.83. The van der Waals surface area contributed by atoms with Crippen LogP contribution >= 0.6 is 0 Å². The Kier molecular flexibility index (Phi) is 5.86. The van der Waals surface area contributed by atoms with Crippen LogP contribution in [-0.4, -0.2) is 35.7 Å². The Hall–Kier alpha value is -2.04. The van der Waals surface area contributed by atoms with Crippen molar-refractivity contribution in [2.75, 3.05) is 13.1 Å². The third-order valence-electron chi connectivity index (χ3n) is 4.08. The lowest BCUT2D eigenvalue weighted by atomic mass is 9.87. The molecule has 1 saturated heterocycles. The molecule has 2 atom stereocenters. The normalized spacial score (nSPS) is 21.2. The highest BCUT2D eigenvalue weighted by Crippen LogP contribution is 2.26. The largest absolute Gasteiger partial charge is 0.460 e. The first-order valence-electron chi connectivity index (χ1n) is 8.45. The van der Waals surface area contributed by atoms with E-state index in [4.69, 9.17) is 9.47 Å². The number of likely N-dealkylation sites (tertiary alicyclic amines) is 1. The zero-order valence-corrected chi connectivity index (χ0v) is 15.0. The highest BCUT2D eigenvalue weighted by Gasteiger charge is 2.36. The van der Waals surface area contributed by atoms with Crippen LogP contribution in [0.2, 0.25) is 0 Å². The molecule has 2 rings (SSSR count). The summed E-state index contributed by atoms with van der Waals surface area (Å²) in [5.74, 6) is -0.285. The molecule has 1 amide bonds. The van der Waals surface area contributed by atoms with Crippen LogP contribution < -0.4 is 0 Å². The quantitative estimate of drug-likeness (QED) is 0.793. The van der Waals surface area contributed by atoms with E-state index in [1.807, 2.05) is 58.0 Å². The fraction of sp³-hybridized carbons (Fsp3) is 0.579. The first-order valence-corrected chi connectivity index (χ1v) is 8.45. The van der Waals surface area contributed by atoms with Gasteiger partial charge in [0.1, 0.15) is 12.2 Å². The molecule has 5 heteroatoms. The summed E-state index contributed by atoms with van der Waals surface area (Å²) in [5.41, 5.74) is 0.477. The van der Waals surface area contributed by atoms with Gasteiger partial charge in [-0.25, -0.2) is 4.79 Å². The predicted octanol–water partition coefficient (Wildman–Crippen LogP) is 3.62. The fourth-order valence-electron chi connectivity index (χ4n) is 2.85. The standard InChI is InChI=1S/C19H27NO4/c1-14-12-20(11-10-16(14)17(21)24-19(2,3)4)18(22)23-13-15-8-6-5-7-9-15/h5-9,14,16H,10-13H2,1-4H3. The minimum Gasteiger partial charge on any atom is -0.460 e. The van der Waals surface area contributed by atoms with Crippen molar-refractivity contribution in [3.63, 3.8) is 0 Å². The number of carbonyl (C=O) groups is 2. The second-order valence-corrected chi connectivity index (χ2v) is 7.39. The molecule has 0 bridgehead atoms. The number of amides is 1. The molecule has 1 fully saturated rings. The second kappa shape index (κ2) is 7.69. The second-order valence-electron chi connectivity index (χ2n) is 7.39. The number of ether oxygens (including phenoxy) is 2. The average molecular weight is 333 g/mol. The number of nitrogens with zero attached hydrogens (tertiary/aromatic N) is 1. The Bertz CT molecular complexity index is 564. The Morgan fingerprint density at radius 3 is 2.46 bits per heavy atom. The van der Waals surface area contributed by atoms with E-state index in [1.54, 1.807) is 4.90 Å². The van der Waals surface area contributed by atoms with E-state index in [1.165, 1.54) is 0 Å². The zero-order valence-electron chi connectivity index (χ0n) is 15.0. The number of hydrogen-bond acceptors (Lipinski definition) is 4. The highest BCUT2D eigenvalue weighted by atomic mass is 16.6. The lowest BCUT2D eigenvalue weighted by Crippen LogP contribution is -2.46. The van der Waals surface area contributed by atoms with Crippen molar-refractivity contribution in [1.82, 2.24) is 4.90 Å². The molecule has 1 aromatic rings. The van der Waals surface area contributed by atoms with Crippen molar-refractivity contribution >= 4 is 12.1 Å². The first kappa shape index (κ1) is 18.3. The van der Waals surface area contributed by atoms with Crippen LogP contribution in [-0.2, 0) is 20.9 Å². The van der Waals surface area contributed by atoms with E-state index in [2.05, 4.69) is 0 Å². The zero-order chi connectivity index (χ0) is 17.7. The van der Waals surface area contributed by atoms with Crippen LogP contribution in [0.25, 0.3) is 0 Å². The molecule has 0 N–H and O–H groups in total. The molecule has 1 aliphatic heterocycles. The van der Waals surface area contributed by atoms with Gasteiger partial charge in [-0.3, -0.25) is 4.79 Å². The van der Waals surface area contributed by atoms with Gasteiger partial charge >= 0.3 is 12.1 Å². The van der Waals surface area contributed by atoms with Gasteiger partial charge in [-0.05, 0) is 38.7 Å². The summed E-state index contributed by atoms with van der Waals surface area (Å²) in [7, 11) is 0. The molecule has 1 aromatic carbocycles. The summed E-state index contributed by atoms with van der Waals surface area (Å²) < 4.78 is 10.8. The molecule has 0 aromatic heterocycles. The monoisotopic (exact) mass is 333 g/mol. The number of hydrogen-bond donors (Lipinski definition) is 0. The van der Waals surface area contributed by atoms with Crippen molar-refractivity contribution in [1.29, 1.82) is 0 Å². The van der Waals surface area contributed by atoms with Gasteiger partial charge in [0.2, 0.25) is 0 Å². The summed E-state index contributed by atoms with van der Waals surface area (Å²) in [6.45, 7) is 8.87. The summed E-state index contributed by atoms with van der Waals surface area (Å²) in [5, 5.41) is 0. The number of benzene rings is 1. The van der Waals surface area contributed by atoms with Crippen LogP contribution in [0.4, 0.5) is 4.79 Å². The minimum absolute atomic E-state index is 0.0536. The van der Waals surface area contributed by atoms with Crippen molar-refractivity contribution in [3.8, 4) is 0 Å². The number of piperidine rings is 1. The van der Waals surface area contributed by atoms with Gasteiger partial charge in [0, 0.05) is 13.1 Å². The average Bonchev–Trinajstić information content (AvgIpc) is 2.51. The van der Waals surface area contributed by atoms with Crippen LogP contribution in [0.15, 0.2) is 30.3 Å². The van der Waals surface area contributed by atoms with Gasteiger partial charge in [-0.2, -0.15) is 0 Å². The van der Waals surface area contributed by atoms with Crippen molar-refractivity contribution in [2.24, 2.45) is 11.8 Å². The van der Waals surface area contributed by atoms with E-state index in [-0.39, 0.29) is 30.5 Å². The molecule has 0 aliphatic carbocycles. The number of rotatable bonds is 3. The highest BCUT2D eigenvalue weighted by molar-refractivity contribution is 5.74. The van der Waals surface area contributed by atoms with Crippen molar-refractivity contribution in [3.05, 3.63) is 35.9 Å². The van der Waals surface area contributed by atoms with Crippen LogP contribution in [0.1, 0.15) is 39.7 Å². The Morgan fingerprint density at radius 1 is 1.21 bits per heavy atom. The smallest absolute Gasteiger partial charge is 0.410 e. The molecule has 1 heterocycles. The summed E-state index contributed by atoms with van der Waals surface area (Å²) in [4.78, 5) is 26.1. The molecular formula is C19H27NO4. The maximum absolute atomic E-state index is 12.3. The summed E-state index contributed by atoms with van der Waals surface area (Å²) in [6.07, 6.45) is 0.282. The molecule has 5 nitrogen and oxygen atoms in total. The van der Waals surface area contributed by atoms with Gasteiger partial charge in [0.15, 0.2) is 0 Å². The molecule has 0 saturated carbocycles. The number of esters is 1. The summed E-state index contributed by atoms with van der Waals surface area (Å²) >= 11 is 0. The molecule has 1 aliphatic rings. The van der Waals surface area contributed by atoms with Gasteiger partial charge in [-0.15, -0.1) is 0 Å². The Labute approximate surface area is 143 Å². The van der Waals surface area contributed by atoms with E-state index in [9.17, 15) is 9.59 Å². The van der Waals surface area contributed by atoms with Gasteiger partial charge in [0.05, 0.1) is 5.92 Å². The SMILES string of the molecule is CC1CN(C(=O)OCc2ccccc2)CCC1C(=O)OC(C)(C)C.